The minimum Gasteiger partial charge on any atom is -0.380 e. The molecule has 3 aromatic rings. The van der Waals surface area contributed by atoms with Crippen LogP contribution in [0.3, 0.4) is 0 Å². The van der Waals surface area contributed by atoms with E-state index in [4.69, 9.17) is 0 Å². The van der Waals surface area contributed by atoms with Crippen LogP contribution >= 0.6 is 0 Å². The lowest BCUT2D eigenvalue weighted by Crippen LogP contribution is -2.08. The number of nitrogens with zero attached hydrogens (tertiary/aromatic N) is 2. The van der Waals surface area contributed by atoms with Crippen molar-refractivity contribution in [1.82, 2.24) is 9.55 Å². The molecule has 118 valence electrons. The standard InChI is InChI=1S/C17H17N3O2S/c1-23(21,22)17-9-5-3-7-15(17)19-12-14-6-2-4-8-16(14)20-11-10-18-13-20/h2-11,13,19H,12H2,1H3. The van der Waals surface area contributed by atoms with Crippen molar-refractivity contribution < 1.29 is 8.42 Å². The van der Waals surface area contributed by atoms with Crippen LogP contribution in [0.15, 0.2) is 72.1 Å². The lowest BCUT2D eigenvalue weighted by Gasteiger charge is -2.14. The number of aromatic nitrogens is 2. The fourth-order valence-electron chi connectivity index (χ4n) is 2.44. The van der Waals surface area contributed by atoms with Crippen LogP contribution in [0.2, 0.25) is 0 Å². The first-order valence-corrected chi connectivity index (χ1v) is 9.04. The molecule has 0 unspecified atom stereocenters. The van der Waals surface area contributed by atoms with Crippen LogP contribution in [0.4, 0.5) is 5.69 Å². The number of hydrogen-bond donors (Lipinski definition) is 1. The molecular formula is C17H17N3O2S. The Labute approximate surface area is 135 Å². The molecule has 0 saturated heterocycles. The molecule has 3 rings (SSSR count). The molecule has 0 aliphatic carbocycles. The van der Waals surface area contributed by atoms with Gasteiger partial charge in [0, 0.05) is 25.2 Å². The number of anilines is 1. The lowest BCUT2D eigenvalue weighted by molar-refractivity contribution is 0.602. The van der Waals surface area contributed by atoms with Crippen LogP contribution in [0.1, 0.15) is 5.56 Å². The van der Waals surface area contributed by atoms with Crippen molar-refractivity contribution in [3.8, 4) is 5.69 Å². The van der Waals surface area contributed by atoms with E-state index in [1.807, 2.05) is 41.1 Å². The largest absolute Gasteiger partial charge is 0.380 e. The van der Waals surface area contributed by atoms with E-state index in [0.717, 1.165) is 11.3 Å². The molecule has 0 radical (unpaired) electrons. The Morgan fingerprint density at radius 3 is 2.57 bits per heavy atom. The van der Waals surface area contributed by atoms with Gasteiger partial charge in [-0.05, 0) is 23.8 Å². The molecule has 5 nitrogen and oxygen atoms in total. The molecule has 1 heterocycles. The fraction of sp³-hybridized carbons (Fsp3) is 0.118. The topological polar surface area (TPSA) is 64.0 Å². The molecule has 0 fully saturated rings. The molecule has 0 bridgehead atoms. The van der Waals surface area contributed by atoms with E-state index in [9.17, 15) is 8.42 Å². The molecule has 6 heteroatoms. The molecule has 0 saturated carbocycles. The summed E-state index contributed by atoms with van der Waals surface area (Å²) >= 11 is 0. The third kappa shape index (κ3) is 3.43. The molecule has 0 aliphatic heterocycles. The van der Waals surface area contributed by atoms with Crippen LogP contribution in [0, 0.1) is 0 Å². The van der Waals surface area contributed by atoms with Crippen LogP contribution in [0.25, 0.3) is 5.69 Å². The molecule has 1 N–H and O–H groups in total. The second-order valence-electron chi connectivity index (χ2n) is 5.22. The number of hydrogen-bond acceptors (Lipinski definition) is 4. The second-order valence-corrected chi connectivity index (χ2v) is 7.20. The molecule has 0 spiro atoms. The van der Waals surface area contributed by atoms with E-state index in [0.29, 0.717) is 17.1 Å². The molecular weight excluding hydrogens is 310 g/mol. The van der Waals surface area contributed by atoms with Gasteiger partial charge in [-0.1, -0.05) is 30.3 Å². The van der Waals surface area contributed by atoms with Gasteiger partial charge in [0.2, 0.25) is 0 Å². The third-order valence-corrected chi connectivity index (χ3v) is 4.68. The Morgan fingerprint density at radius 2 is 1.83 bits per heavy atom. The maximum atomic E-state index is 11.9. The Hall–Kier alpha value is -2.60. The summed E-state index contributed by atoms with van der Waals surface area (Å²) in [6.07, 6.45) is 6.56. The SMILES string of the molecule is CS(=O)(=O)c1ccccc1NCc1ccccc1-n1ccnc1. The summed E-state index contributed by atoms with van der Waals surface area (Å²) in [6, 6.07) is 14.9. The summed E-state index contributed by atoms with van der Waals surface area (Å²) in [4.78, 5) is 4.37. The van der Waals surface area contributed by atoms with Crippen LogP contribution in [0.5, 0.6) is 0 Å². The highest BCUT2D eigenvalue weighted by atomic mass is 32.2. The number of sulfone groups is 1. The third-order valence-electron chi connectivity index (χ3n) is 3.53. The highest BCUT2D eigenvalue weighted by molar-refractivity contribution is 7.90. The number of para-hydroxylation sites is 2. The van der Waals surface area contributed by atoms with Crippen molar-refractivity contribution in [1.29, 1.82) is 0 Å². The maximum absolute atomic E-state index is 11.9. The van der Waals surface area contributed by atoms with Gasteiger partial charge in [0.05, 0.1) is 22.6 Å². The molecule has 1 aromatic heterocycles. The second kappa shape index (κ2) is 6.26. The summed E-state index contributed by atoms with van der Waals surface area (Å²) < 4.78 is 25.7. The van der Waals surface area contributed by atoms with Gasteiger partial charge in [-0.25, -0.2) is 13.4 Å². The first kappa shape index (κ1) is 15.3. The fourth-order valence-corrected chi connectivity index (χ4v) is 3.31. The van der Waals surface area contributed by atoms with E-state index in [1.165, 1.54) is 6.26 Å². The quantitative estimate of drug-likeness (QED) is 0.782. The Bertz CT molecular complexity index is 903. The zero-order chi connectivity index (χ0) is 16.3. The molecule has 0 aliphatic rings. The molecule has 0 amide bonds. The summed E-state index contributed by atoms with van der Waals surface area (Å²) in [5.74, 6) is 0. The van der Waals surface area contributed by atoms with Crippen molar-refractivity contribution in [3.05, 3.63) is 72.8 Å². The van der Waals surface area contributed by atoms with E-state index in [2.05, 4.69) is 10.3 Å². The summed E-state index contributed by atoms with van der Waals surface area (Å²) in [5, 5.41) is 3.23. The Balaban J connectivity index is 1.89. The number of rotatable bonds is 5. The average molecular weight is 327 g/mol. The molecule has 2 aromatic carbocycles. The summed E-state index contributed by atoms with van der Waals surface area (Å²) in [5.41, 5.74) is 2.67. The normalized spacial score (nSPS) is 11.3. The maximum Gasteiger partial charge on any atom is 0.177 e. The van der Waals surface area contributed by atoms with Gasteiger partial charge in [-0.2, -0.15) is 0 Å². The lowest BCUT2D eigenvalue weighted by atomic mass is 10.1. The van der Waals surface area contributed by atoms with Gasteiger partial charge >= 0.3 is 0 Å². The zero-order valence-electron chi connectivity index (χ0n) is 12.7. The monoisotopic (exact) mass is 327 g/mol. The minimum absolute atomic E-state index is 0.306. The van der Waals surface area contributed by atoms with Crippen molar-refractivity contribution in [2.75, 3.05) is 11.6 Å². The van der Waals surface area contributed by atoms with Gasteiger partial charge in [0.1, 0.15) is 0 Å². The smallest absolute Gasteiger partial charge is 0.177 e. The van der Waals surface area contributed by atoms with Crippen LogP contribution in [-0.2, 0) is 16.4 Å². The van der Waals surface area contributed by atoms with Gasteiger partial charge in [-0.15, -0.1) is 0 Å². The number of benzene rings is 2. The summed E-state index contributed by atoms with van der Waals surface area (Å²) in [7, 11) is -3.27. The van der Waals surface area contributed by atoms with Crippen LogP contribution in [-0.4, -0.2) is 24.2 Å². The predicted molar refractivity (Wildman–Crippen MR) is 90.4 cm³/mol. The van der Waals surface area contributed by atoms with Gasteiger partial charge in [0.25, 0.3) is 0 Å². The predicted octanol–water partition coefficient (Wildman–Crippen LogP) is 2.89. The van der Waals surface area contributed by atoms with Gasteiger partial charge in [-0.3, -0.25) is 0 Å². The van der Waals surface area contributed by atoms with Crippen molar-refractivity contribution in [2.45, 2.75) is 11.4 Å². The zero-order valence-corrected chi connectivity index (χ0v) is 13.5. The first-order valence-electron chi connectivity index (χ1n) is 7.15. The van der Waals surface area contributed by atoms with Gasteiger partial charge < -0.3 is 9.88 Å². The first-order chi connectivity index (χ1) is 11.1. The highest BCUT2D eigenvalue weighted by Crippen LogP contribution is 2.22. The highest BCUT2D eigenvalue weighted by Gasteiger charge is 2.12. The van der Waals surface area contributed by atoms with Crippen LogP contribution < -0.4 is 5.32 Å². The molecule has 23 heavy (non-hydrogen) atoms. The van der Waals surface area contributed by atoms with E-state index in [1.54, 1.807) is 30.7 Å². The number of nitrogens with one attached hydrogen (secondary N) is 1. The average Bonchev–Trinajstić information content (AvgIpc) is 3.07. The van der Waals surface area contributed by atoms with E-state index >= 15 is 0 Å². The summed E-state index contributed by atoms with van der Waals surface area (Å²) in [6.45, 7) is 0.515. The van der Waals surface area contributed by atoms with E-state index in [-0.39, 0.29) is 0 Å². The molecule has 0 atom stereocenters. The van der Waals surface area contributed by atoms with Crippen molar-refractivity contribution in [2.24, 2.45) is 0 Å². The minimum atomic E-state index is -3.27. The number of imidazole rings is 1. The van der Waals surface area contributed by atoms with Gasteiger partial charge in [0.15, 0.2) is 9.84 Å². The Morgan fingerprint density at radius 1 is 1.09 bits per heavy atom. The van der Waals surface area contributed by atoms with Crippen molar-refractivity contribution in [3.63, 3.8) is 0 Å². The van der Waals surface area contributed by atoms with Crippen molar-refractivity contribution >= 4 is 15.5 Å². The Kier molecular flexibility index (Phi) is 4.16. The van der Waals surface area contributed by atoms with E-state index < -0.39 is 9.84 Å².